The van der Waals surface area contributed by atoms with Crippen LogP contribution in [-0.2, 0) is 0 Å². The van der Waals surface area contributed by atoms with Gasteiger partial charge in [-0.25, -0.2) is 0 Å². The van der Waals surface area contributed by atoms with Crippen LogP contribution in [-0.4, -0.2) is 11.7 Å². The Balaban J connectivity index is 3.15. The number of hydrogen-bond donors (Lipinski definition) is 1. The topological polar surface area (TPSA) is 20.2 Å². The zero-order chi connectivity index (χ0) is 10.7. The van der Waals surface area contributed by atoms with Crippen molar-refractivity contribution in [3.8, 4) is 0 Å². The lowest BCUT2D eigenvalue weighted by molar-refractivity contribution is 0.314. The molecule has 1 nitrogen and oxygen atoms in total. The molecule has 1 aromatic rings. The van der Waals surface area contributed by atoms with Gasteiger partial charge in [-0.3, -0.25) is 0 Å². The normalized spacial score (nSPS) is 11.4. The van der Waals surface area contributed by atoms with Gasteiger partial charge < -0.3 is 5.11 Å². The maximum atomic E-state index is 9.13. The van der Waals surface area contributed by atoms with Gasteiger partial charge in [0.25, 0.3) is 0 Å². The van der Waals surface area contributed by atoms with E-state index in [0.29, 0.717) is 5.92 Å². The van der Waals surface area contributed by atoms with Crippen molar-refractivity contribution >= 4 is 15.9 Å². The molecule has 0 saturated carbocycles. The first-order valence-electron chi connectivity index (χ1n) is 4.79. The van der Waals surface area contributed by atoms with E-state index in [1.807, 2.05) is 13.0 Å². The Morgan fingerprint density at radius 1 is 1.43 bits per heavy atom. The predicted octanol–water partition coefficient (Wildman–Crippen LogP) is 3.51. The van der Waals surface area contributed by atoms with Gasteiger partial charge in [-0.05, 0) is 29.2 Å². The Kier molecular flexibility index (Phi) is 4.14. The minimum Gasteiger partial charge on any atom is -0.395 e. The monoisotopic (exact) mass is 255 g/mol. The van der Waals surface area contributed by atoms with Crippen molar-refractivity contribution in [2.45, 2.75) is 26.7 Å². The molecular weight excluding hydrogens is 240 g/mol. The summed E-state index contributed by atoms with van der Waals surface area (Å²) in [6.07, 6.45) is 0. The Bertz CT molecular complexity index is 307. The quantitative estimate of drug-likeness (QED) is 0.877. The number of aliphatic hydroxyl groups excluding tert-OH is 1. The molecule has 14 heavy (non-hydrogen) atoms. The smallest absolute Gasteiger partial charge is 0.0534 e. The van der Waals surface area contributed by atoms with Crippen molar-refractivity contribution in [3.05, 3.63) is 39.7 Å². The summed E-state index contributed by atoms with van der Waals surface area (Å²) >= 11 is 3.45. The Morgan fingerprint density at radius 2 is 2.07 bits per heavy atom. The third-order valence-corrected chi connectivity index (χ3v) is 2.83. The van der Waals surface area contributed by atoms with Crippen LogP contribution in [0, 0.1) is 5.92 Å². The largest absolute Gasteiger partial charge is 0.395 e. The third kappa shape index (κ3) is 2.58. The highest BCUT2D eigenvalue weighted by Gasteiger charge is 2.12. The van der Waals surface area contributed by atoms with Gasteiger partial charge in [0.15, 0.2) is 0 Å². The van der Waals surface area contributed by atoms with E-state index in [1.54, 1.807) is 0 Å². The lowest BCUT2D eigenvalue weighted by Gasteiger charge is -2.16. The van der Waals surface area contributed by atoms with Gasteiger partial charge in [0, 0.05) is 10.4 Å². The van der Waals surface area contributed by atoms with E-state index in [4.69, 9.17) is 5.11 Å². The summed E-state index contributed by atoms with van der Waals surface area (Å²) in [5.41, 5.74) is 2.46. The second-order valence-electron chi connectivity index (χ2n) is 3.82. The Labute approximate surface area is 94.3 Å². The molecule has 0 bridgehead atoms. The highest BCUT2D eigenvalue weighted by molar-refractivity contribution is 9.10. The molecule has 2 heteroatoms. The Morgan fingerprint density at radius 3 is 2.57 bits per heavy atom. The number of rotatable bonds is 3. The fraction of sp³-hybridized carbons (Fsp3) is 0.417. The lowest BCUT2D eigenvalue weighted by Crippen LogP contribution is -2.05. The number of halogens is 1. The molecule has 0 spiro atoms. The summed E-state index contributed by atoms with van der Waals surface area (Å²) < 4.78 is 1.06. The van der Waals surface area contributed by atoms with Gasteiger partial charge in [0.1, 0.15) is 0 Å². The van der Waals surface area contributed by atoms with Crippen LogP contribution in [0.4, 0.5) is 0 Å². The molecule has 0 saturated heterocycles. The molecule has 0 atom stereocenters. The lowest BCUT2D eigenvalue weighted by atomic mass is 9.90. The molecule has 0 heterocycles. The number of benzene rings is 1. The molecule has 0 aliphatic carbocycles. The summed E-state index contributed by atoms with van der Waals surface area (Å²) in [7, 11) is 0. The number of hydrogen-bond acceptors (Lipinski definition) is 1. The van der Waals surface area contributed by atoms with Gasteiger partial charge in [-0.15, -0.1) is 0 Å². The maximum absolute atomic E-state index is 9.13. The molecule has 1 aromatic carbocycles. The summed E-state index contributed by atoms with van der Waals surface area (Å²) in [6.45, 7) is 6.42. The van der Waals surface area contributed by atoms with E-state index in [-0.39, 0.29) is 6.61 Å². The van der Waals surface area contributed by atoms with Crippen molar-refractivity contribution in [2.75, 3.05) is 6.61 Å². The average molecular weight is 256 g/mol. The molecule has 0 aliphatic rings. The zero-order valence-electron chi connectivity index (χ0n) is 8.84. The van der Waals surface area contributed by atoms with Crippen molar-refractivity contribution in [2.24, 2.45) is 0 Å². The van der Waals surface area contributed by atoms with Crippen LogP contribution in [0.25, 0.3) is 0 Å². The van der Waals surface area contributed by atoms with Gasteiger partial charge in [-0.1, -0.05) is 42.8 Å². The van der Waals surface area contributed by atoms with Crippen molar-refractivity contribution in [1.82, 2.24) is 0 Å². The molecule has 0 aromatic heterocycles. The minimum atomic E-state index is 0.121. The van der Waals surface area contributed by atoms with Crippen LogP contribution in [0.2, 0.25) is 0 Å². The van der Waals surface area contributed by atoms with Crippen molar-refractivity contribution in [3.63, 3.8) is 0 Å². The SMILES string of the molecule is C[C](CO)c1cc(Br)ccc1C(C)C. The molecule has 1 N–H and O–H groups in total. The first kappa shape index (κ1) is 11.7. The van der Waals surface area contributed by atoms with E-state index in [9.17, 15) is 0 Å². The zero-order valence-corrected chi connectivity index (χ0v) is 10.4. The second kappa shape index (κ2) is 4.94. The van der Waals surface area contributed by atoms with Gasteiger partial charge in [-0.2, -0.15) is 0 Å². The average Bonchev–Trinajstić information content (AvgIpc) is 2.16. The van der Waals surface area contributed by atoms with E-state index in [1.165, 1.54) is 5.56 Å². The fourth-order valence-electron chi connectivity index (χ4n) is 1.49. The molecular formula is C12H16BrO. The summed E-state index contributed by atoms with van der Waals surface area (Å²) in [5.74, 6) is 1.51. The molecule has 0 fully saturated rings. The van der Waals surface area contributed by atoms with E-state index in [2.05, 4.69) is 41.9 Å². The maximum Gasteiger partial charge on any atom is 0.0534 e. The Hall–Kier alpha value is -0.340. The highest BCUT2D eigenvalue weighted by atomic mass is 79.9. The van der Waals surface area contributed by atoms with Crippen LogP contribution in [0.5, 0.6) is 0 Å². The molecule has 0 aliphatic heterocycles. The summed E-state index contributed by atoms with van der Waals surface area (Å²) in [4.78, 5) is 0. The predicted molar refractivity (Wildman–Crippen MR) is 63.3 cm³/mol. The van der Waals surface area contributed by atoms with Crippen LogP contribution >= 0.6 is 15.9 Å². The first-order valence-corrected chi connectivity index (χ1v) is 5.58. The van der Waals surface area contributed by atoms with Gasteiger partial charge in [0.05, 0.1) is 6.61 Å². The summed E-state index contributed by atoms with van der Waals surface area (Å²) in [6, 6.07) is 6.23. The molecule has 0 amide bonds. The van der Waals surface area contributed by atoms with E-state index in [0.717, 1.165) is 16.0 Å². The molecule has 1 radical (unpaired) electrons. The van der Waals surface area contributed by atoms with Crippen LogP contribution in [0.1, 0.15) is 37.8 Å². The number of aliphatic hydroxyl groups is 1. The van der Waals surface area contributed by atoms with Gasteiger partial charge in [0.2, 0.25) is 0 Å². The third-order valence-electron chi connectivity index (χ3n) is 2.33. The molecule has 1 rings (SSSR count). The van der Waals surface area contributed by atoms with Crippen molar-refractivity contribution in [1.29, 1.82) is 0 Å². The summed E-state index contributed by atoms with van der Waals surface area (Å²) in [5, 5.41) is 9.13. The molecule has 0 unspecified atom stereocenters. The fourth-order valence-corrected chi connectivity index (χ4v) is 1.85. The second-order valence-corrected chi connectivity index (χ2v) is 4.74. The van der Waals surface area contributed by atoms with Crippen LogP contribution in [0.3, 0.4) is 0 Å². The van der Waals surface area contributed by atoms with E-state index >= 15 is 0 Å². The van der Waals surface area contributed by atoms with E-state index < -0.39 is 0 Å². The highest BCUT2D eigenvalue weighted by Crippen LogP contribution is 2.28. The minimum absolute atomic E-state index is 0.121. The first-order chi connectivity index (χ1) is 6.56. The van der Waals surface area contributed by atoms with Crippen LogP contribution in [0.15, 0.2) is 22.7 Å². The van der Waals surface area contributed by atoms with Crippen molar-refractivity contribution < 1.29 is 5.11 Å². The van der Waals surface area contributed by atoms with Crippen LogP contribution < -0.4 is 0 Å². The molecule has 77 valence electrons. The standard InChI is InChI=1S/C12H16BrO/c1-8(2)11-5-4-10(13)6-12(11)9(3)7-14/h4-6,8,14H,7H2,1-3H3. The van der Waals surface area contributed by atoms with Gasteiger partial charge >= 0.3 is 0 Å².